The lowest BCUT2D eigenvalue weighted by Crippen LogP contribution is -2.16. The van der Waals surface area contributed by atoms with Gasteiger partial charge >= 0.3 is 5.97 Å². The maximum Gasteiger partial charge on any atom is 0.341 e. The molecule has 0 radical (unpaired) electrons. The standard InChI is InChI=1S/C29H30N2O3S2/c1-2-34-29(33)27-22-14-7-4-8-16-24(22)36-28(27)30-26(32)19-35-25-18-31(17-20-11-5-3-6-12-20)23-15-10-9-13-21(23)25/h3,5-6,9-13,15,18H,2,4,7-8,14,16-17,19H2,1H3,(H,30,32). The number of para-hydroxylation sites is 1. The topological polar surface area (TPSA) is 60.3 Å². The molecular weight excluding hydrogens is 488 g/mol. The second-order valence-electron chi connectivity index (χ2n) is 8.95. The van der Waals surface area contributed by atoms with Crippen LogP contribution in [0.3, 0.4) is 0 Å². The van der Waals surface area contributed by atoms with E-state index in [1.165, 1.54) is 28.6 Å². The van der Waals surface area contributed by atoms with Crippen LogP contribution in [0.5, 0.6) is 0 Å². The molecule has 0 saturated heterocycles. The van der Waals surface area contributed by atoms with Gasteiger partial charge in [-0.25, -0.2) is 4.79 Å². The van der Waals surface area contributed by atoms with Crippen molar-refractivity contribution in [1.82, 2.24) is 4.57 Å². The van der Waals surface area contributed by atoms with Gasteiger partial charge < -0.3 is 14.6 Å². The van der Waals surface area contributed by atoms with E-state index >= 15 is 0 Å². The second kappa shape index (κ2) is 11.4. The Hall–Kier alpha value is -3.03. The Morgan fingerprint density at radius 3 is 2.64 bits per heavy atom. The highest BCUT2D eigenvalue weighted by Gasteiger charge is 2.26. The van der Waals surface area contributed by atoms with Gasteiger partial charge in [0.1, 0.15) is 5.00 Å². The van der Waals surface area contributed by atoms with Crippen molar-refractivity contribution in [3.05, 3.63) is 82.4 Å². The van der Waals surface area contributed by atoms with E-state index in [9.17, 15) is 9.59 Å². The van der Waals surface area contributed by atoms with Gasteiger partial charge in [0.15, 0.2) is 0 Å². The van der Waals surface area contributed by atoms with E-state index in [4.69, 9.17) is 4.74 Å². The molecule has 5 rings (SSSR count). The molecule has 1 aliphatic rings. The molecule has 2 aromatic heterocycles. The third kappa shape index (κ3) is 5.37. The number of nitrogens with one attached hydrogen (secondary N) is 1. The average Bonchev–Trinajstić information content (AvgIpc) is 3.31. The van der Waals surface area contributed by atoms with Crippen LogP contribution in [0.2, 0.25) is 0 Å². The number of anilines is 1. The number of thiophene rings is 1. The van der Waals surface area contributed by atoms with E-state index in [2.05, 4.69) is 52.5 Å². The summed E-state index contributed by atoms with van der Waals surface area (Å²) in [5, 5.41) is 4.82. The molecule has 0 bridgehead atoms. The number of hydrogen-bond donors (Lipinski definition) is 1. The van der Waals surface area contributed by atoms with Gasteiger partial charge in [0.05, 0.1) is 17.9 Å². The van der Waals surface area contributed by atoms with Crippen molar-refractivity contribution >= 4 is 50.9 Å². The molecule has 0 fully saturated rings. The van der Waals surface area contributed by atoms with Crippen LogP contribution in [0.25, 0.3) is 10.9 Å². The van der Waals surface area contributed by atoms with E-state index in [0.29, 0.717) is 17.2 Å². The minimum Gasteiger partial charge on any atom is -0.462 e. The van der Waals surface area contributed by atoms with Gasteiger partial charge in [-0.2, -0.15) is 0 Å². The number of aryl methyl sites for hydroxylation is 1. The first-order valence-electron chi connectivity index (χ1n) is 12.5. The van der Waals surface area contributed by atoms with Gasteiger partial charge in [-0.15, -0.1) is 23.1 Å². The predicted octanol–water partition coefficient (Wildman–Crippen LogP) is 6.93. The number of carbonyl (C=O) groups is 2. The highest BCUT2D eigenvalue weighted by molar-refractivity contribution is 8.00. The quantitative estimate of drug-likeness (QED) is 0.156. The Morgan fingerprint density at radius 2 is 1.81 bits per heavy atom. The molecular formula is C29H30N2O3S2. The van der Waals surface area contributed by atoms with Crippen molar-refractivity contribution in [2.45, 2.75) is 50.5 Å². The fraction of sp³-hybridized carbons (Fsp3) is 0.310. The summed E-state index contributed by atoms with van der Waals surface area (Å²) in [4.78, 5) is 28.1. The zero-order chi connectivity index (χ0) is 24.9. The summed E-state index contributed by atoms with van der Waals surface area (Å²) in [6.45, 7) is 2.91. The van der Waals surface area contributed by atoms with E-state index in [0.717, 1.165) is 53.6 Å². The Bertz CT molecular complexity index is 1370. The van der Waals surface area contributed by atoms with Gasteiger partial charge in [-0.05, 0) is 49.8 Å². The van der Waals surface area contributed by atoms with Gasteiger partial charge in [-0.3, -0.25) is 4.79 Å². The molecule has 0 spiro atoms. The van der Waals surface area contributed by atoms with E-state index < -0.39 is 0 Å². The Balaban J connectivity index is 1.33. The molecule has 2 aromatic carbocycles. The summed E-state index contributed by atoms with van der Waals surface area (Å²) in [5.41, 5.74) is 4.02. The van der Waals surface area contributed by atoms with E-state index in [1.807, 2.05) is 25.1 Å². The minimum atomic E-state index is -0.330. The maximum atomic E-state index is 13.0. The first kappa shape index (κ1) is 24.7. The molecule has 0 atom stereocenters. The molecule has 1 N–H and O–H groups in total. The minimum absolute atomic E-state index is 0.109. The molecule has 1 aliphatic carbocycles. The Morgan fingerprint density at radius 1 is 1.03 bits per heavy atom. The largest absolute Gasteiger partial charge is 0.462 e. The monoisotopic (exact) mass is 518 g/mol. The van der Waals surface area contributed by atoms with Crippen LogP contribution in [0.1, 0.15) is 52.5 Å². The molecule has 0 saturated carbocycles. The van der Waals surface area contributed by atoms with Gasteiger partial charge in [0, 0.05) is 33.4 Å². The number of esters is 1. The summed E-state index contributed by atoms with van der Waals surface area (Å²) in [7, 11) is 0. The number of thioether (sulfide) groups is 1. The summed E-state index contributed by atoms with van der Waals surface area (Å²) < 4.78 is 7.59. The van der Waals surface area contributed by atoms with Crippen LogP contribution < -0.4 is 5.32 Å². The number of aromatic nitrogens is 1. The SMILES string of the molecule is CCOC(=O)c1c(NC(=O)CSc2cn(Cc3ccccc3)c3ccccc23)sc2c1CCCCC2. The summed E-state index contributed by atoms with van der Waals surface area (Å²) in [6.07, 6.45) is 7.30. The molecule has 36 heavy (non-hydrogen) atoms. The third-order valence-corrected chi connectivity index (χ3v) is 8.71. The number of hydrogen-bond acceptors (Lipinski definition) is 5. The van der Waals surface area contributed by atoms with Gasteiger partial charge in [0.2, 0.25) is 5.91 Å². The van der Waals surface area contributed by atoms with E-state index in [-0.39, 0.29) is 17.6 Å². The fourth-order valence-corrected chi connectivity index (χ4v) is 6.98. The molecule has 4 aromatic rings. The predicted molar refractivity (Wildman–Crippen MR) is 148 cm³/mol. The Labute approximate surface area is 219 Å². The molecule has 5 nitrogen and oxygen atoms in total. The number of carbonyl (C=O) groups excluding carboxylic acids is 2. The molecule has 1 amide bonds. The second-order valence-corrected chi connectivity index (χ2v) is 11.1. The van der Waals surface area contributed by atoms with Crippen LogP contribution in [0.4, 0.5) is 5.00 Å². The number of rotatable bonds is 8. The lowest BCUT2D eigenvalue weighted by atomic mass is 10.1. The summed E-state index contributed by atoms with van der Waals surface area (Å²) >= 11 is 3.07. The molecule has 0 unspecified atom stereocenters. The van der Waals surface area contributed by atoms with Crippen molar-refractivity contribution in [3.8, 4) is 0 Å². The van der Waals surface area contributed by atoms with Crippen molar-refractivity contribution in [3.63, 3.8) is 0 Å². The molecule has 0 aliphatic heterocycles. The number of amides is 1. The molecule has 2 heterocycles. The average molecular weight is 519 g/mol. The first-order valence-corrected chi connectivity index (χ1v) is 14.3. The van der Waals surface area contributed by atoms with Crippen LogP contribution in [-0.2, 0) is 28.9 Å². The van der Waals surface area contributed by atoms with Crippen molar-refractivity contribution < 1.29 is 14.3 Å². The molecule has 186 valence electrons. The third-order valence-electron chi connectivity index (χ3n) is 6.46. The number of ether oxygens (including phenoxy) is 1. The smallest absolute Gasteiger partial charge is 0.341 e. The van der Waals surface area contributed by atoms with Crippen LogP contribution in [0.15, 0.2) is 65.7 Å². The van der Waals surface area contributed by atoms with E-state index in [1.54, 1.807) is 11.3 Å². The lowest BCUT2D eigenvalue weighted by Gasteiger charge is -2.08. The number of nitrogens with zero attached hydrogens (tertiary/aromatic N) is 1. The zero-order valence-electron chi connectivity index (χ0n) is 20.4. The summed E-state index contributed by atoms with van der Waals surface area (Å²) in [6, 6.07) is 18.7. The summed E-state index contributed by atoms with van der Waals surface area (Å²) in [5.74, 6) is -0.171. The maximum absolute atomic E-state index is 13.0. The van der Waals surface area contributed by atoms with Crippen LogP contribution >= 0.6 is 23.1 Å². The van der Waals surface area contributed by atoms with Crippen molar-refractivity contribution in [2.75, 3.05) is 17.7 Å². The van der Waals surface area contributed by atoms with Crippen molar-refractivity contribution in [2.24, 2.45) is 0 Å². The number of fused-ring (bicyclic) bond motifs is 2. The fourth-order valence-electron chi connectivity index (χ4n) is 4.79. The normalized spacial score (nSPS) is 13.2. The zero-order valence-corrected chi connectivity index (χ0v) is 22.1. The Kier molecular flexibility index (Phi) is 7.78. The first-order chi connectivity index (χ1) is 17.6. The molecule has 7 heteroatoms. The van der Waals surface area contributed by atoms with Gasteiger partial charge in [-0.1, -0.05) is 55.0 Å². The van der Waals surface area contributed by atoms with Crippen LogP contribution in [0, 0.1) is 0 Å². The highest BCUT2D eigenvalue weighted by Crippen LogP contribution is 2.38. The highest BCUT2D eigenvalue weighted by atomic mass is 32.2. The van der Waals surface area contributed by atoms with Crippen LogP contribution in [-0.4, -0.2) is 28.8 Å². The van der Waals surface area contributed by atoms with Crippen molar-refractivity contribution in [1.29, 1.82) is 0 Å². The lowest BCUT2D eigenvalue weighted by molar-refractivity contribution is -0.113. The number of benzene rings is 2. The van der Waals surface area contributed by atoms with Gasteiger partial charge in [0.25, 0.3) is 0 Å².